The van der Waals surface area contributed by atoms with E-state index in [1.807, 2.05) is 12.1 Å². The van der Waals surface area contributed by atoms with Gasteiger partial charge in [0, 0.05) is 36.0 Å². The van der Waals surface area contributed by atoms with Gasteiger partial charge in [0.1, 0.15) is 17.5 Å². The Labute approximate surface area is 320 Å². The number of carbonyl (C=O) groups is 3. The van der Waals surface area contributed by atoms with Crippen molar-refractivity contribution in [3.05, 3.63) is 53.2 Å². The molecule has 2 unspecified atom stereocenters. The average Bonchev–Trinajstić information content (AvgIpc) is 3.55. The summed E-state index contributed by atoms with van der Waals surface area (Å²) in [7, 11) is -5.03. The van der Waals surface area contributed by atoms with Crippen LogP contribution in [0.4, 0.5) is 10.9 Å². The van der Waals surface area contributed by atoms with Gasteiger partial charge in [0.25, 0.3) is 23.2 Å². The van der Waals surface area contributed by atoms with Gasteiger partial charge >= 0.3 is 16.4 Å². The number of hydrogen-bond acceptors (Lipinski definition) is 15. The van der Waals surface area contributed by atoms with Gasteiger partial charge in [-0.1, -0.05) is 11.2 Å². The summed E-state index contributed by atoms with van der Waals surface area (Å²) in [5.41, 5.74) is 10.2. The zero-order valence-electron chi connectivity index (χ0n) is 30.4. The third-order valence-corrected chi connectivity index (χ3v) is 10.8. The number of fused-ring (bicyclic) bond motifs is 1. The summed E-state index contributed by atoms with van der Waals surface area (Å²) < 4.78 is 44.3. The number of hydrogen-bond donors (Lipinski definition) is 7. The minimum atomic E-state index is -5.03. The molecule has 5 heterocycles. The van der Waals surface area contributed by atoms with Crippen molar-refractivity contribution in [3.8, 4) is 16.9 Å². The lowest BCUT2D eigenvalue weighted by Gasteiger charge is -2.50. The summed E-state index contributed by atoms with van der Waals surface area (Å²) in [6.07, 6.45) is 2.61. The molecule has 296 valence electrons. The molecule has 2 saturated heterocycles. The Bertz CT molecular complexity index is 2110. The fourth-order valence-electron chi connectivity index (χ4n) is 6.45. The van der Waals surface area contributed by atoms with Gasteiger partial charge in [-0.2, -0.15) is 13.5 Å². The first-order valence-corrected chi connectivity index (χ1v) is 19.8. The number of ether oxygens (including phenoxy) is 1. The monoisotopic (exact) mass is 802 g/mol. The Morgan fingerprint density at radius 3 is 2.62 bits per heavy atom. The molecule has 9 N–H and O–H groups in total. The third-order valence-electron chi connectivity index (χ3n) is 9.84. The number of carboxylic acids is 1. The number of nitrogens with one attached hydrogen (secondary N) is 3. The van der Waals surface area contributed by atoms with Gasteiger partial charge in [-0.15, -0.1) is 15.6 Å². The van der Waals surface area contributed by atoms with Gasteiger partial charge in [-0.05, 0) is 75.9 Å². The van der Waals surface area contributed by atoms with E-state index in [9.17, 15) is 27.9 Å². The van der Waals surface area contributed by atoms with Gasteiger partial charge < -0.3 is 36.8 Å². The van der Waals surface area contributed by atoms with Crippen LogP contribution in [0, 0.1) is 5.92 Å². The first kappa shape index (κ1) is 39.8. The van der Waals surface area contributed by atoms with E-state index in [0.717, 1.165) is 66.4 Å². The van der Waals surface area contributed by atoms with Crippen LogP contribution >= 0.6 is 11.3 Å². The molecule has 0 aliphatic carbocycles. The smallest absolute Gasteiger partial charge is 0.418 e. The van der Waals surface area contributed by atoms with Crippen molar-refractivity contribution in [2.45, 2.75) is 69.9 Å². The maximum atomic E-state index is 13.6. The van der Waals surface area contributed by atoms with Crippen molar-refractivity contribution in [1.29, 1.82) is 0 Å². The second-order valence-electron chi connectivity index (χ2n) is 14.2. The number of amides is 2. The molecule has 3 atom stereocenters. The number of aliphatic carboxylic acids is 1. The molecule has 2 fully saturated rings. The van der Waals surface area contributed by atoms with Crippen LogP contribution in [0.15, 0.2) is 47.1 Å². The predicted octanol–water partition coefficient (Wildman–Crippen LogP) is 0.458. The van der Waals surface area contributed by atoms with Crippen LogP contribution in [-0.2, 0) is 46.9 Å². The molecule has 0 bridgehead atoms. The van der Waals surface area contributed by atoms with E-state index in [0.29, 0.717) is 29.7 Å². The number of thiazole rings is 1. The van der Waals surface area contributed by atoms with Gasteiger partial charge in [-0.3, -0.25) is 19.5 Å². The third kappa shape index (κ3) is 8.50. The fourth-order valence-corrected chi connectivity index (χ4v) is 7.46. The van der Waals surface area contributed by atoms with Crippen molar-refractivity contribution in [2.24, 2.45) is 16.8 Å². The van der Waals surface area contributed by atoms with Crippen LogP contribution in [0.2, 0.25) is 0 Å². The summed E-state index contributed by atoms with van der Waals surface area (Å²) in [5, 5.41) is 25.4. The van der Waals surface area contributed by atoms with E-state index < -0.39 is 57.2 Å². The zero-order valence-corrected chi connectivity index (χ0v) is 32.0. The normalized spacial score (nSPS) is 20.6. The number of rotatable bonds is 16. The van der Waals surface area contributed by atoms with Crippen LogP contribution in [-0.4, -0.2) is 101 Å². The molecular formula is C34H44N9O10S2+. The molecular weight excluding hydrogens is 759 g/mol. The molecule has 2 amide bonds. The van der Waals surface area contributed by atoms with Gasteiger partial charge in [0.05, 0.1) is 24.8 Å². The first-order chi connectivity index (χ1) is 26.0. The van der Waals surface area contributed by atoms with E-state index in [4.69, 9.17) is 25.6 Å². The molecule has 19 nitrogen and oxygen atoms in total. The number of benzene rings is 1. The molecule has 21 heteroatoms. The number of carbonyl (C=O) groups excluding carboxylic acids is 2. The Hall–Kier alpha value is -4.93. The second kappa shape index (κ2) is 15.7. The van der Waals surface area contributed by atoms with Crippen molar-refractivity contribution in [3.63, 3.8) is 0 Å². The highest BCUT2D eigenvalue weighted by atomic mass is 32.3. The number of pyridine rings is 1. The number of carboxylic acid groups (broad SMARTS) is 1. The second-order valence-corrected chi connectivity index (χ2v) is 16.1. The van der Waals surface area contributed by atoms with Gasteiger partial charge in [0.15, 0.2) is 16.9 Å². The lowest BCUT2D eigenvalue weighted by molar-refractivity contribution is -0.690. The number of anilines is 2. The molecule has 3 aliphatic rings. The molecule has 6 rings (SSSR count). The topological polar surface area (TPSA) is 274 Å². The molecule has 0 saturated carbocycles. The molecule has 3 aromatic rings. The number of nitrogens with zero attached hydrogens (tertiary/aromatic N) is 4. The van der Waals surface area contributed by atoms with Crippen molar-refractivity contribution in [1.82, 2.24) is 20.7 Å². The van der Waals surface area contributed by atoms with Crippen molar-refractivity contribution < 1.29 is 50.9 Å². The zero-order chi connectivity index (χ0) is 39.7. The number of nitrogen functional groups attached to an aromatic ring is 1. The predicted molar refractivity (Wildman–Crippen MR) is 199 cm³/mol. The molecule has 1 aromatic carbocycles. The van der Waals surface area contributed by atoms with Gasteiger partial charge in [0.2, 0.25) is 0 Å². The number of nitrogens with two attached hydrogens (primary N) is 2. The summed E-state index contributed by atoms with van der Waals surface area (Å²) >= 11 is 0.975. The minimum Gasteiger partial charge on any atom is -0.485 e. The van der Waals surface area contributed by atoms with E-state index in [2.05, 4.69) is 53.3 Å². The fraction of sp³-hybridized carbons (Fsp3) is 0.471. The summed E-state index contributed by atoms with van der Waals surface area (Å²) in [5.74, 6) is -1.40. The molecule has 0 spiro atoms. The lowest BCUT2D eigenvalue weighted by atomic mass is 9.84. The molecule has 0 radical (unpaired) electrons. The highest BCUT2D eigenvalue weighted by molar-refractivity contribution is 7.80. The minimum absolute atomic E-state index is 0.0662. The maximum absolute atomic E-state index is 13.6. The number of aromatic nitrogens is 2. The highest BCUT2D eigenvalue weighted by Gasteiger charge is 2.58. The Morgan fingerprint density at radius 2 is 2.00 bits per heavy atom. The standard InChI is InChI=1S/C34H43N9O10S2/c1-33(2)28(30(45)43(33)53-55(48,49)50)40-29(44)27(23-18-54-32(36)39-23)41-52-34(3,31(46)47)25-9-6-21-13-20(5-8-24(21)51-25)22-7-10-26(38-12-4-11-35)42(17-22)16-19-14-37-15-19/h5,7-8,10,13,17-19,25,28,37H,4,6,9,11-12,14-16,35H2,1-3H3,(H5,36,39,40,44,46,47,48,49,50)/p+1/b41-27-/t25-,28?,34?/m1/s1. The Balaban J connectivity index is 1.20. The van der Waals surface area contributed by atoms with Crippen molar-refractivity contribution >= 4 is 56.2 Å². The van der Waals surface area contributed by atoms with Crippen LogP contribution in [0.1, 0.15) is 44.9 Å². The van der Waals surface area contributed by atoms with E-state index in [1.165, 1.54) is 26.2 Å². The first-order valence-electron chi connectivity index (χ1n) is 17.5. The quantitative estimate of drug-likeness (QED) is 0.0259. The van der Waals surface area contributed by atoms with Crippen LogP contribution < -0.4 is 36.7 Å². The Morgan fingerprint density at radius 1 is 1.25 bits per heavy atom. The van der Waals surface area contributed by atoms with E-state index in [1.54, 1.807) is 6.07 Å². The number of oxime groups is 1. The number of hydroxylamine groups is 2. The van der Waals surface area contributed by atoms with E-state index in [-0.39, 0.29) is 17.2 Å². The SMILES string of the molecule is CC(O/N=C(\C(=O)NC1C(=O)N(OS(=O)(=O)O)C1(C)C)c1csc(N)n1)(C(=O)O)[C@H]1CCc2cc(-c3ccc(NCCCN)[n+](CC4CNC4)c3)ccc2O1. The van der Waals surface area contributed by atoms with Crippen LogP contribution in [0.3, 0.4) is 0 Å². The number of β-lactam (4-membered cyclic amide) rings is 1. The van der Waals surface area contributed by atoms with Crippen molar-refractivity contribution in [2.75, 3.05) is 37.2 Å². The molecule has 55 heavy (non-hydrogen) atoms. The average molecular weight is 803 g/mol. The summed E-state index contributed by atoms with van der Waals surface area (Å²) in [6, 6.07) is 8.50. The maximum Gasteiger partial charge on any atom is 0.418 e. The van der Waals surface area contributed by atoms with Crippen LogP contribution in [0.25, 0.3) is 11.1 Å². The Kier molecular flexibility index (Phi) is 11.3. The summed E-state index contributed by atoms with van der Waals surface area (Å²) in [4.78, 5) is 48.8. The molecule has 3 aliphatic heterocycles. The largest absolute Gasteiger partial charge is 0.485 e. The molecule has 2 aromatic heterocycles. The lowest BCUT2D eigenvalue weighted by Crippen LogP contribution is -2.76. The van der Waals surface area contributed by atoms with E-state index >= 15 is 0 Å². The van der Waals surface area contributed by atoms with Crippen LogP contribution in [0.5, 0.6) is 5.75 Å². The van der Waals surface area contributed by atoms with Gasteiger partial charge in [-0.25, -0.2) is 14.3 Å². The number of aryl methyl sites for hydroxylation is 1. The highest BCUT2D eigenvalue weighted by Crippen LogP contribution is 2.37. The summed E-state index contributed by atoms with van der Waals surface area (Å²) in [6.45, 7) is 8.19.